The molecule has 116 valence electrons. The molecule has 5 heteroatoms. The lowest BCUT2D eigenvalue weighted by molar-refractivity contribution is 0.160. The van der Waals surface area contributed by atoms with Crippen molar-refractivity contribution in [3.05, 3.63) is 66.2 Å². The van der Waals surface area contributed by atoms with Crippen molar-refractivity contribution in [2.24, 2.45) is 0 Å². The zero-order chi connectivity index (χ0) is 15.6. The Morgan fingerprint density at radius 2 is 1.50 bits per heavy atom. The second-order valence-electron chi connectivity index (χ2n) is 5.62. The van der Waals surface area contributed by atoms with Crippen molar-refractivity contribution in [2.45, 2.75) is 10.9 Å². The molecule has 2 aromatic rings. The molecular formula is C17H20N2O2S. The van der Waals surface area contributed by atoms with Gasteiger partial charge in [-0.2, -0.15) is 4.31 Å². The van der Waals surface area contributed by atoms with Crippen molar-refractivity contribution in [3.63, 3.8) is 0 Å². The first kappa shape index (κ1) is 15.2. The third-order valence-electron chi connectivity index (χ3n) is 4.07. The Morgan fingerprint density at radius 3 is 2.14 bits per heavy atom. The summed E-state index contributed by atoms with van der Waals surface area (Å²) in [5.41, 5.74) is 1.04. The standard InChI is InChI=1S/C17H20N2O2S/c1-18-12-13-19(17(14-18)15-8-4-2-5-9-15)22(20,21)16-10-6-3-7-11-16/h2-11,17H,12-14H2,1H3/t17-/m1/s1. The van der Waals surface area contributed by atoms with E-state index in [1.165, 1.54) is 0 Å². The van der Waals surface area contributed by atoms with Crippen LogP contribution in [0, 0.1) is 0 Å². The van der Waals surface area contributed by atoms with Crippen LogP contribution in [0.4, 0.5) is 0 Å². The Labute approximate surface area is 132 Å². The molecule has 0 bridgehead atoms. The highest BCUT2D eigenvalue weighted by molar-refractivity contribution is 7.89. The summed E-state index contributed by atoms with van der Waals surface area (Å²) >= 11 is 0. The number of sulfonamides is 1. The summed E-state index contributed by atoms with van der Waals surface area (Å²) in [6.07, 6.45) is 0. The first-order valence-corrected chi connectivity index (χ1v) is 8.83. The molecule has 0 saturated carbocycles. The Hall–Kier alpha value is -1.69. The summed E-state index contributed by atoms with van der Waals surface area (Å²) in [7, 11) is -1.45. The minimum Gasteiger partial charge on any atom is -0.303 e. The third kappa shape index (κ3) is 2.92. The van der Waals surface area contributed by atoms with Crippen LogP contribution in [0.15, 0.2) is 65.6 Å². The Balaban J connectivity index is 2.00. The van der Waals surface area contributed by atoms with Crippen LogP contribution in [0.3, 0.4) is 0 Å². The normalized spacial score (nSPS) is 20.9. The lowest BCUT2D eigenvalue weighted by Gasteiger charge is -2.39. The fourth-order valence-corrected chi connectivity index (χ4v) is 4.48. The monoisotopic (exact) mass is 316 g/mol. The number of nitrogens with zero attached hydrogens (tertiary/aromatic N) is 2. The maximum absolute atomic E-state index is 13.0. The first-order valence-electron chi connectivity index (χ1n) is 7.39. The Morgan fingerprint density at radius 1 is 0.909 bits per heavy atom. The molecule has 0 N–H and O–H groups in total. The molecule has 1 saturated heterocycles. The van der Waals surface area contributed by atoms with Gasteiger partial charge >= 0.3 is 0 Å². The molecule has 0 spiro atoms. The van der Waals surface area contributed by atoms with Gasteiger partial charge in [-0.15, -0.1) is 0 Å². The summed E-state index contributed by atoms with van der Waals surface area (Å²) in [5.74, 6) is 0. The molecule has 0 radical (unpaired) electrons. The minimum atomic E-state index is -3.48. The zero-order valence-electron chi connectivity index (χ0n) is 12.6. The quantitative estimate of drug-likeness (QED) is 0.873. The number of benzene rings is 2. The van der Waals surface area contributed by atoms with Gasteiger partial charge in [0.2, 0.25) is 10.0 Å². The van der Waals surface area contributed by atoms with Crippen LogP contribution in [-0.4, -0.2) is 44.3 Å². The fraction of sp³-hybridized carbons (Fsp3) is 0.294. The van der Waals surface area contributed by atoms with Crippen LogP contribution >= 0.6 is 0 Å². The summed E-state index contributed by atoms with van der Waals surface area (Å²) < 4.78 is 27.6. The minimum absolute atomic E-state index is 0.148. The topological polar surface area (TPSA) is 40.6 Å². The maximum atomic E-state index is 13.0. The number of hydrogen-bond donors (Lipinski definition) is 0. The molecule has 22 heavy (non-hydrogen) atoms. The summed E-state index contributed by atoms with van der Waals surface area (Å²) in [5, 5.41) is 0. The number of rotatable bonds is 3. The molecule has 3 rings (SSSR count). The van der Waals surface area contributed by atoms with Crippen molar-refractivity contribution in [3.8, 4) is 0 Å². The van der Waals surface area contributed by atoms with E-state index in [2.05, 4.69) is 4.90 Å². The van der Waals surface area contributed by atoms with Crippen LogP contribution in [0.1, 0.15) is 11.6 Å². The van der Waals surface area contributed by atoms with Gasteiger partial charge in [0.1, 0.15) is 0 Å². The summed E-state index contributed by atoms with van der Waals surface area (Å²) in [6, 6.07) is 18.4. The molecule has 0 amide bonds. The van der Waals surface area contributed by atoms with Gasteiger partial charge in [-0.1, -0.05) is 48.5 Å². The van der Waals surface area contributed by atoms with E-state index in [1.807, 2.05) is 43.4 Å². The van der Waals surface area contributed by atoms with Gasteiger partial charge in [0, 0.05) is 19.6 Å². The van der Waals surface area contributed by atoms with Crippen LogP contribution < -0.4 is 0 Å². The van der Waals surface area contributed by atoms with Crippen LogP contribution in [0.2, 0.25) is 0 Å². The van der Waals surface area contributed by atoms with Gasteiger partial charge < -0.3 is 4.90 Å². The number of likely N-dealkylation sites (N-methyl/N-ethyl adjacent to an activating group) is 1. The van der Waals surface area contributed by atoms with Gasteiger partial charge in [-0.3, -0.25) is 0 Å². The van der Waals surface area contributed by atoms with Gasteiger partial charge in [0.25, 0.3) is 0 Å². The van der Waals surface area contributed by atoms with E-state index in [-0.39, 0.29) is 6.04 Å². The number of hydrogen-bond acceptors (Lipinski definition) is 3. The Bertz CT molecular complexity index is 717. The van der Waals surface area contributed by atoms with Crippen LogP contribution in [0.5, 0.6) is 0 Å². The highest BCUT2D eigenvalue weighted by Gasteiger charge is 2.35. The average molecular weight is 316 g/mol. The van der Waals surface area contributed by atoms with E-state index in [9.17, 15) is 8.42 Å². The molecule has 1 heterocycles. The van der Waals surface area contributed by atoms with Crippen LogP contribution in [0.25, 0.3) is 0 Å². The third-order valence-corrected chi connectivity index (χ3v) is 5.99. The van der Waals surface area contributed by atoms with Gasteiger partial charge in [-0.05, 0) is 24.7 Å². The molecule has 4 nitrogen and oxygen atoms in total. The second kappa shape index (κ2) is 6.20. The molecule has 1 aliphatic heterocycles. The van der Waals surface area contributed by atoms with Crippen molar-refractivity contribution in [1.29, 1.82) is 0 Å². The predicted octanol–water partition coefficient (Wildman–Crippen LogP) is 2.36. The van der Waals surface area contributed by atoms with Crippen molar-refractivity contribution in [2.75, 3.05) is 26.7 Å². The lowest BCUT2D eigenvalue weighted by atomic mass is 10.1. The van der Waals surface area contributed by atoms with Crippen molar-refractivity contribution < 1.29 is 8.42 Å². The second-order valence-corrected chi connectivity index (χ2v) is 7.51. The largest absolute Gasteiger partial charge is 0.303 e. The van der Waals surface area contributed by atoms with E-state index in [0.29, 0.717) is 18.0 Å². The summed E-state index contributed by atoms with van der Waals surface area (Å²) in [6.45, 7) is 1.96. The van der Waals surface area contributed by atoms with Crippen molar-refractivity contribution in [1.82, 2.24) is 9.21 Å². The Kier molecular flexibility index (Phi) is 4.29. The van der Waals surface area contributed by atoms with Gasteiger partial charge in [0.15, 0.2) is 0 Å². The molecule has 0 aliphatic carbocycles. The van der Waals surface area contributed by atoms with Crippen molar-refractivity contribution >= 4 is 10.0 Å². The van der Waals surface area contributed by atoms with E-state index < -0.39 is 10.0 Å². The molecule has 1 fully saturated rings. The molecule has 1 aliphatic rings. The van der Waals surface area contributed by atoms with E-state index >= 15 is 0 Å². The van der Waals surface area contributed by atoms with Gasteiger partial charge in [0.05, 0.1) is 10.9 Å². The zero-order valence-corrected chi connectivity index (χ0v) is 13.4. The van der Waals surface area contributed by atoms with E-state index in [4.69, 9.17) is 0 Å². The highest BCUT2D eigenvalue weighted by Crippen LogP contribution is 2.30. The fourth-order valence-electron chi connectivity index (χ4n) is 2.87. The van der Waals surface area contributed by atoms with E-state index in [0.717, 1.165) is 12.1 Å². The molecule has 0 aromatic heterocycles. The SMILES string of the molecule is CN1CCN(S(=O)(=O)c2ccccc2)[C@@H](c2ccccc2)C1. The predicted molar refractivity (Wildman–Crippen MR) is 87.0 cm³/mol. The molecule has 1 atom stereocenters. The van der Waals surface area contributed by atoms with Gasteiger partial charge in [-0.25, -0.2) is 8.42 Å². The smallest absolute Gasteiger partial charge is 0.243 e. The summed E-state index contributed by atoms with van der Waals surface area (Å²) in [4.78, 5) is 2.54. The highest BCUT2D eigenvalue weighted by atomic mass is 32.2. The average Bonchev–Trinajstić information content (AvgIpc) is 2.56. The molecular weight excluding hydrogens is 296 g/mol. The maximum Gasteiger partial charge on any atom is 0.243 e. The first-order chi connectivity index (χ1) is 10.6. The lowest BCUT2D eigenvalue weighted by Crippen LogP contribution is -2.49. The van der Waals surface area contributed by atoms with Crippen LogP contribution in [-0.2, 0) is 10.0 Å². The molecule has 0 unspecified atom stereocenters. The number of piperazine rings is 1. The van der Waals surface area contributed by atoms with E-state index in [1.54, 1.807) is 28.6 Å². The molecule has 2 aromatic carbocycles.